The first-order chi connectivity index (χ1) is 15.1. The van der Waals surface area contributed by atoms with E-state index in [1.54, 1.807) is 7.11 Å². The standard InChI is InChI=1S/C25H28N4O2/c1-17-22-8-7-21(31-2)15-23(22)27-25(26-17)28-12-10-19(11-13-28)24(30)29-14-9-18-5-3-4-6-20(18)16-29/h3-8,15,19H,9-14,16H2,1-2H3. The summed E-state index contributed by atoms with van der Waals surface area (Å²) < 4.78 is 5.35. The van der Waals surface area contributed by atoms with Gasteiger partial charge in [0.2, 0.25) is 11.9 Å². The first-order valence-electron chi connectivity index (χ1n) is 11.1. The monoisotopic (exact) mass is 416 g/mol. The summed E-state index contributed by atoms with van der Waals surface area (Å²) in [5.74, 6) is 1.93. The highest BCUT2D eigenvalue weighted by atomic mass is 16.5. The van der Waals surface area contributed by atoms with Crippen LogP contribution in [0, 0.1) is 12.8 Å². The van der Waals surface area contributed by atoms with Crippen LogP contribution >= 0.6 is 0 Å². The summed E-state index contributed by atoms with van der Waals surface area (Å²) >= 11 is 0. The van der Waals surface area contributed by atoms with E-state index in [4.69, 9.17) is 14.7 Å². The van der Waals surface area contributed by atoms with Crippen LogP contribution in [0.5, 0.6) is 5.75 Å². The van der Waals surface area contributed by atoms with Crippen molar-refractivity contribution in [2.75, 3.05) is 31.6 Å². The van der Waals surface area contributed by atoms with Crippen LogP contribution in [-0.2, 0) is 17.8 Å². The summed E-state index contributed by atoms with van der Waals surface area (Å²) in [7, 11) is 1.67. The largest absolute Gasteiger partial charge is 0.497 e. The zero-order chi connectivity index (χ0) is 21.4. The van der Waals surface area contributed by atoms with Crippen molar-refractivity contribution in [3.05, 3.63) is 59.3 Å². The molecule has 160 valence electrons. The first kappa shape index (κ1) is 19.8. The van der Waals surface area contributed by atoms with Crippen molar-refractivity contribution < 1.29 is 9.53 Å². The van der Waals surface area contributed by atoms with Gasteiger partial charge in [0.05, 0.1) is 18.3 Å². The van der Waals surface area contributed by atoms with Crippen molar-refractivity contribution >= 4 is 22.8 Å². The third kappa shape index (κ3) is 3.82. The van der Waals surface area contributed by atoms with Gasteiger partial charge in [-0.25, -0.2) is 9.97 Å². The Bertz CT molecular complexity index is 1120. The van der Waals surface area contributed by atoms with E-state index >= 15 is 0 Å². The fourth-order valence-corrected chi connectivity index (χ4v) is 4.79. The molecule has 2 aromatic carbocycles. The Morgan fingerprint density at radius 1 is 1.03 bits per heavy atom. The lowest BCUT2D eigenvalue weighted by atomic mass is 9.93. The Hall–Kier alpha value is -3.15. The predicted octanol–water partition coefficient (Wildman–Crippen LogP) is 3.75. The van der Waals surface area contributed by atoms with E-state index in [0.717, 1.165) is 73.7 Å². The number of amides is 1. The van der Waals surface area contributed by atoms with Crippen molar-refractivity contribution in [1.82, 2.24) is 14.9 Å². The molecule has 0 spiro atoms. The van der Waals surface area contributed by atoms with E-state index in [0.29, 0.717) is 5.91 Å². The van der Waals surface area contributed by atoms with Crippen LogP contribution in [0.1, 0.15) is 29.7 Å². The molecule has 5 rings (SSSR count). The van der Waals surface area contributed by atoms with E-state index in [-0.39, 0.29) is 5.92 Å². The summed E-state index contributed by atoms with van der Waals surface area (Å²) in [5.41, 5.74) is 4.52. The van der Waals surface area contributed by atoms with Gasteiger partial charge in [0.25, 0.3) is 0 Å². The van der Waals surface area contributed by atoms with Gasteiger partial charge in [-0.1, -0.05) is 24.3 Å². The molecule has 0 aliphatic carbocycles. The number of hydrogen-bond donors (Lipinski definition) is 0. The molecule has 6 heteroatoms. The molecular formula is C25H28N4O2. The number of aromatic nitrogens is 2. The Morgan fingerprint density at radius 2 is 1.81 bits per heavy atom. The number of anilines is 1. The van der Waals surface area contributed by atoms with Crippen molar-refractivity contribution in [2.24, 2.45) is 5.92 Å². The van der Waals surface area contributed by atoms with Crippen LogP contribution in [0.4, 0.5) is 5.95 Å². The summed E-state index contributed by atoms with van der Waals surface area (Å²) in [6, 6.07) is 14.4. The summed E-state index contributed by atoms with van der Waals surface area (Å²) in [6.07, 6.45) is 2.64. The van der Waals surface area contributed by atoms with Crippen LogP contribution in [0.15, 0.2) is 42.5 Å². The van der Waals surface area contributed by atoms with Crippen molar-refractivity contribution in [2.45, 2.75) is 32.7 Å². The van der Waals surface area contributed by atoms with Crippen LogP contribution in [0.3, 0.4) is 0 Å². The quantitative estimate of drug-likeness (QED) is 0.651. The van der Waals surface area contributed by atoms with Crippen molar-refractivity contribution in [1.29, 1.82) is 0 Å². The molecule has 2 aliphatic rings. The van der Waals surface area contributed by atoms with Crippen LogP contribution in [0.2, 0.25) is 0 Å². The zero-order valence-corrected chi connectivity index (χ0v) is 18.2. The molecule has 0 atom stereocenters. The molecule has 3 aromatic rings. The minimum Gasteiger partial charge on any atom is -0.497 e. The third-order valence-corrected chi connectivity index (χ3v) is 6.65. The topological polar surface area (TPSA) is 58.6 Å². The number of carbonyl (C=O) groups excluding carboxylic acids is 1. The molecule has 3 heterocycles. The van der Waals surface area contributed by atoms with Gasteiger partial charge in [0.1, 0.15) is 5.75 Å². The van der Waals surface area contributed by atoms with E-state index in [1.165, 1.54) is 11.1 Å². The molecule has 0 bridgehead atoms. The number of aryl methyl sites for hydroxylation is 1. The molecule has 1 aromatic heterocycles. The Labute approximate surface area is 182 Å². The van der Waals surface area contributed by atoms with E-state index in [2.05, 4.69) is 29.2 Å². The Morgan fingerprint density at radius 3 is 2.58 bits per heavy atom. The SMILES string of the molecule is COc1ccc2c(C)nc(N3CCC(C(=O)N4CCc5ccccc5C4)CC3)nc2c1. The molecule has 2 aliphatic heterocycles. The average Bonchev–Trinajstić information content (AvgIpc) is 2.83. The number of fused-ring (bicyclic) bond motifs is 2. The first-order valence-corrected chi connectivity index (χ1v) is 11.1. The third-order valence-electron chi connectivity index (χ3n) is 6.65. The highest BCUT2D eigenvalue weighted by molar-refractivity contribution is 5.83. The van der Waals surface area contributed by atoms with Crippen LogP contribution in [0.25, 0.3) is 10.9 Å². The lowest BCUT2D eigenvalue weighted by molar-refractivity contribution is -0.137. The zero-order valence-electron chi connectivity index (χ0n) is 18.2. The Balaban J connectivity index is 1.27. The smallest absolute Gasteiger partial charge is 0.226 e. The second kappa shape index (κ2) is 8.17. The normalized spacial score (nSPS) is 17.0. The highest BCUT2D eigenvalue weighted by Crippen LogP contribution is 2.28. The molecule has 1 saturated heterocycles. The molecule has 6 nitrogen and oxygen atoms in total. The second-order valence-electron chi connectivity index (χ2n) is 8.53. The molecule has 1 amide bonds. The van der Waals surface area contributed by atoms with Crippen molar-refractivity contribution in [3.63, 3.8) is 0 Å². The summed E-state index contributed by atoms with van der Waals surface area (Å²) in [5, 5.41) is 1.04. The van der Waals surface area contributed by atoms with Crippen LogP contribution in [-0.4, -0.2) is 47.5 Å². The fraction of sp³-hybridized carbons (Fsp3) is 0.400. The molecule has 1 fully saturated rings. The van der Waals surface area contributed by atoms with Gasteiger partial charge in [-0.05, 0) is 49.4 Å². The van der Waals surface area contributed by atoms with Gasteiger partial charge in [-0.2, -0.15) is 0 Å². The van der Waals surface area contributed by atoms with Gasteiger partial charge in [-0.15, -0.1) is 0 Å². The minimum absolute atomic E-state index is 0.0863. The molecular weight excluding hydrogens is 388 g/mol. The van der Waals surface area contributed by atoms with E-state index in [9.17, 15) is 4.79 Å². The molecule has 31 heavy (non-hydrogen) atoms. The van der Waals surface area contributed by atoms with E-state index in [1.807, 2.05) is 30.0 Å². The minimum atomic E-state index is 0.0863. The second-order valence-corrected chi connectivity index (χ2v) is 8.53. The van der Waals surface area contributed by atoms with Crippen molar-refractivity contribution in [3.8, 4) is 5.75 Å². The number of benzene rings is 2. The predicted molar refractivity (Wildman–Crippen MR) is 121 cm³/mol. The maximum atomic E-state index is 13.2. The lowest BCUT2D eigenvalue weighted by Crippen LogP contribution is -2.44. The fourth-order valence-electron chi connectivity index (χ4n) is 4.79. The highest BCUT2D eigenvalue weighted by Gasteiger charge is 2.31. The molecule has 0 N–H and O–H groups in total. The number of rotatable bonds is 3. The Kier molecular flexibility index (Phi) is 5.22. The van der Waals surface area contributed by atoms with E-state index < -0.39 is 0 Å². The van der Waals surface area contributed by atoms with Gasteiger partial charge in [-0.3, -0.25) is 4.79 Å². The van der Waals surface area contributed by atoms with Gasteiger partial charge in [0, 0.05) is 43.5 Å². The average molecular weight is 417 g/mol. The molecule has 0 saturated carbocycles. The van der Waals surface area contributed by atoms with Crippen LogP contribution < -0.4 is 9.64 Å². The number of methoxy groups -OCH3 is 1. The number of piperidine rings is 1. The molecule has 0 unspecified atom stereocenters. The number of ether oxygens (including phenoxy) is 1. The molecule has 0 radical (unpaired) electrons. The van der Waals surface area contributed by atoms with Gasteiger partial charge >= 0.3 is 0 Å². The van der Waals surface area contributed by atoms with Gasteiger partial charge < -0.3 is 14.5 Å². The summed E-state index contributed by atoms with van der Waals surface area (Å²) in [4.78, 5) is 27.0. The number of carbonyl (C=O) groups is 1. The maximum absolute atomic E-state index is 13.2. The maximum Gasteiger partial charge on any atom is 0.226 e. The number of nitrogens with zero attached hydrogens (tertiary/aromatic N) is 4. The lowest BCUT2D eigenvalue weighted by Gasteiger charge is -2.36. The van der Waals surface area contributed by atoms with Gasteiger partial charge in [0.15, 0.2) is 0 Å². The number of hydrogen-bond acceptors (Lipinski definition) is 5. The summed E-state index contributed by atoms with van der Waals surface area (Å²) in [6.45, 7) is 5.19.